The molecule has 0 saturated heterocycles. The Bertz CT molecular complexity index is 428. The first-order chi connectivity index (χ1) is 8.79. The lowest BCUT2D eigenvalue weighted by Gasteiger charge is -2.10. The minimum Gasteiger partial charge on any atom is -0.434 e. The van der Waals surface area contributed by atoms with Gasteiger partial charge in [0.05, 0.1) is 5.56 Å². The van der Waals surface area contributed by atoms with Crippen molar-refractivity contribution in [3.63, 3.8) is 0 Å². The molecule has 1 aromatic rings. The molecule has 0 unspecified atom stereocenters. The van der Waals surface area contributed by atoms with Gasteiger partial charge >= 0.3 is 12.8 Å². The number of carbonyl (C=O) groups is 1. The molecule has 1 rings (SSSR count). The fourth-order valence-electron chi connectivity index (χ4n) is 1.48. The van der Waals surface area contributed by atoms with E-state index in [2.05, 4.69) is 4.74 Å². The number of hydrogen-bond donors (Lipinski definition) is 0. The van der Waals surface area contributed by atoms with Crippen molar-refractivity contribution in [1.82, 2.24) is 0 Å². The van der Waals surface area contributed by atoms with Gasteiger partial charge in [0.25, 0.3) is 0 Å². The van der Waals surface area contributed by atoms with Crippen molar-refractivity contribution < 1.29 is 31.5 Å². The van der Waals surface area contributed by atoms with Gasteiger partial charge in [0.2, 0.25) is 0 Å². The summed E-state index contributed by atoms with van der Waals surface area (Å²) in [6, 6.07) is 5.23. The first-order valence-corrected chi connectivity index (χ1v) is 5.43. The van der Waals surface area contributed by atoms with Gasteiger partial charge in [0, 0.05) is 12.8 Å². The summed E-state index contributed by atoms with van der Waals surface area (Å²) < 4.78 is 64.1. The number of benzene rings is 1. The summed E-state index contributed by atoms with van der Waals surface area (Å²) in [4.78, 5) is 11.6. The standard InChI is InChI=1S/C12H11F5O2/c13-11(14)19-10-6-2-1-4-8(10)9(18)5-3-7-12(15,16)17/h1-2,4,6,11H,3,5,7H2. The summed E-state index contributed by atoms with van der Waals surface area (Å²) in [5, 5.41) is 0. The molecule has 0 bridgehead atoms. The van der Waals surface area contributed by atoms with E-state index in [1.165, 1.54) is 24.3 Å². The molecule has 0 N–H and O–H groups in total. The van der Waals surface area contributed by atoms with E-state index < -0.39 is 25.0 Å². The second kappa shape index (κ2) is 6.49. The van der Waals surface area contributed by atoms with Gasteiger partial charge in [-0.1, -0.05) is 12.1 Å². The maximum absolute atomic E-state index is 12.1. The van der Waals surface area contributed by atoms with E-state index in [0.717, 1.165) is 0 Å². The molecule has 106 valence electrons. The third-order valence-electron chi connectivity index (χ3n) is 2.27. The van der Waals surface area contributed by atoms with Gasteiger partial charge in [0.15, 0.2) is 5.78 Å². The summed E-state index contributed by atoms with van der Waals surface area (Å²) >= 11 is 0. The van der Waals surface area contributed by atoms with Crippen molar-refractivity contribution in [1.29, 1.82) is 0 Å². The second-order valence-electron chi connectivity index (χ2n) is 3.77. The third-order valence-corrected chi connectivity index (χ3v) is 2.27. The smallest absolute Gasteiger partial charge is 0.389 e. The largest absolute Gasteiger partial charge is 0.434 e. The van der Waals surface area contributed by atoms with Crippen molar-refractivity contribution in [3.05, 3.63) is 29.8 Å². The predicted octanol–water partition coefficient (Wildman–Crippen LogP) is 4.20. The SMILES string of the molecule is O=C(CCCC(F)(F)F)c1ccccc1OC(F)F. The predicted molar refractivity (Wildman–Crippen MR) is 57.3 cm³/mol. The van der Waals surface area contributed by atoms with Crippen LogP contribution in [-0.2, 0) is 0 Å². The zero-order valence-corrected chi connectivity index (χ0v) is 9.71. The Kier molecular flexibility index (Phi) is 5.26. The average Bonchev–Trinajstić information content (AvgIpc) is 2.27. The van der Waals surface area contributed by atoms with Crippen LogP contribution in [0.2, 0.25) is 0 Å². The van der Waals surface area contributed by atoms with Gasteiger partial charge in [-0.2, -0.15) is 22.0 Å². The van der Waals surface area contributed by atoms with Gasteiger partial charge in [0.1, 0.15) is 5.75 Å². The van der Waals surface area contributed by atoms with Gasteiger partial charge in [-0.25, -0.2) is 0 Å². The molecule has 2 nitrogen and oxygen atoms in total. The van der Waals surface area contributed by atoms with E-state index in [0.29, 0.717) is 0 Å². The molecular weight excluding hydrogens is 271 g/mol. The zero-order valence-electron chi connectivity index (χ0n) is 9.71. The minimum absolute atomic E-state index is 0.134. The molecule has 0 fully saturated rings. The molecule has 0 spiro atoms. The molecule has 7 heteroatoms. The number of alkyl halides is 5. The molecule has 0 aliphatic carbocycles. The Morgan fingerprint density at radius 2 is 1.84 bits per heavy atom. The lowest BCUT2D eigenvalue weighted by molar-refractivity contribution is -0.135. The van der Waals surface area contributed by atoms with Gasteiger partial charge in [-0.15, -0.1) is 0 Å². The highest BCUT2D eigenvalue weighted by molar-refractivity contribution is 5.98. The molecule has 0 aliphatic rings. The van der Waals surface area contributed by atoms with E-state index in [-0.39, 0.29) is 24.2 Å². The Labute approximate surface area is 106 Å². The maximum atomic E-state index is 12.1. The Hall–Kier alpha value is -1.66. The highest BCUT2D eigenvalue weighted by Crippen LogP contribution is 2.25. The molecule has 0 heterocycles. The molecule has 0 saturated carbocycles. The Balaban J connectivity index is 2.66. The van der Waals surface area contributed by atoms with Gasteiger partial charge in [-0.3, -0.25) is 4.79 Å². The van der Waals surface area contributed by atoms with Crippen LogP contribution >= 0.6 is 0 Å². The number of ether oxygens (including phenoxy) is 1. The van der Waals surface area contributed by atoms with Crippen LogP contribution in [0.1, 0.15) is 29.6 Å². The fraction of sp³-hybridized carbons (Fsp3) is 0.417. The average molecular weight is 282 g/mol. The van der Waals surface area contributed by atoms with Gasteiger partial charge in [-0.05, 0) is 18.6 Å². The van der Waals surface area contributed by atoms with Crippen LogP contribution in [0.3, 0.4) is 0 Å². The van der Waals surface area contributed by atoms with E-state index >= 15 is 0 Å². The molecular formula is C12H11F5O2. The number of halogens is 5. The molecule has 0 atom stereocenters. The van der Waals surface area contributed by atoms with E-state index in [4.69, 9.17) is 0 Å². The number of hydrogen-bond acceptors (Lipinski definition) is 2. The highest BCUT2D eigenvalue weighted by Gasteiger charge is 2.27. The van der Waals surface area contributed by atoms with Crippen molar-refractivity contribution in [2.24, 2.45) is 0 Å². The third kappa shape index (κ3) is 5.67. The second-order valence-corrected chi connectivity index (χ2v) is 3.77. The van der Waals surface area contributed by atoms with Crippen molar-refractivity contribution >= 4 is 5.78 Å². The van der Waals surface area contributed by atoms with Crippen LogP contribution in [0.25, 0.3) is 0 Å². The summed E-state index contributed by atoms with van der Waals surface area (Å²) in [5.41, 5.74) is -0.134. The first-order valence-electron chi connectivity index (χ1n) is 5.43. The summed E-state index contributed by atoms with van der Waals surface area (Å²) in [6.45, 7) is -3.09. The lowest BCUT2D eigenvalue weighted by atomic mass is 10.0. The Morgan fingerprint density at radius 3 is 2.42 bits per heavy atom. The van der Waals surface area contributed by atoms with Crippen LogP contribution in [0.5, 0.6) is 5.75 Å². The summed E-state index contributed by atoms with van der Waals surface area (Å²) in [5.74, 6) is -0.977. The number of carbonyl (C=O) groups excluding carboxylic acids is 1. The first kappa shape index (κ1) is 15.4. The number of Topliss-reactive ketones (excluding diaryl/α,β-unsaturated/α-hetero) is 1. The molecule has 1 aromatic carbocycles. The van der Waals surface area contributed by atoms with E-state index in [1.54, 1.807) is 0 Å². The van der Waals surface area contributed by atoms with Gasteiger partial charge < -0.3 is 4.74 Å². The monoisotopic (exact) mass is 282 g/mol. The van der Waals surface area contributed by atoms with Crippen LogP contribution in [0.4, 0.5) is 22.0 Å². The van der Waals surface area contributed by atoms with Crippen molar-refractivity contribution in [3.8, 4) is 5.75 Å². The quantitative estimate of drug-likeness (QED) is 0.577. The zero-order chi connectivity index (χ0) is 14.5. The molecule has 0 aliphatic heterocycles. The highest BCUT2D eigenvalue weighted by atomic mass is 19.4. The number of para-hydroxylation sites is 1. The molecule has 19 heavy (non-hydrogen) atoms. The van der Waals surface area contributed by atoms with Crippen LogP contribution in [0.15, 0.2) is 24.3 Å². The summed E-state index contributed by atoms with van der Waals surface area (Å²) in [7, 11) is 0. The molecule has 0 radical (unpaired) electrons. The molecule has 0 aromatic heterocycles. The number of ketones is 1. The van der Waals surface area contributed by atoms with Crippen LogP contribution < -0.4 is 4.74 Å². The van der Waals surface area contributed by atoms with E-state index in [9.17, 15) is 26.7 Å². The summed E-state index contributed by atoms with van der Waals surface area (Å²) in [6.07, 6.45) is -6.18. The van der Waals surface area contributed by atoms with Crippen LogP contribution in [-0.4, -0.2) is 18.6 Å². The maximum Gasteiger partial charge on any atom is 0.389 e. The van der Waals surface area contributed by atoms with E-state index in [1.807, 2.05) is 0 Å². The fourth-order valence-corrected chi connectivity index (χ4v) is 1.48. The Morgan fingerprint density at radius 1 is 1.21 bits per heavy atom. The lowest BCUT2D eigenvalue weighted by Crippen LogP contribution is -2.10. The normalized spacial score (nSPS) is 11.7. The number of rotatable bonds is 6. The minimum atomic E-state index is -4.33. The van der Waals surface area contributed by atoms with Crippen LogP contribution in [0, 0.1) is 0 Å². The van der Waals surface area contributed by atoms with Crippen molar-refractivity contribution in [2.75, 3.05) is 0 Å². The van der Waals surface area contributed by atoms with Crippen molar-refractivity contribution in [2.45, 2.75) is 32.1 Å². The molecule has 0 amide bonds. The topological polar surface area (TPSA) is 26.3 Å².